The van der Waals surface area contributed by atoms with Gasteiger partial charge in [-0.05, 0) is 6.42 Å². The Hall–Kier alpha value is -0.410. The summed E-state index contributed by atoms with van der Waals surface area (Å²) in [6.07, 6.45) is 2.59. The first kappa shape index (κ1) is 5.72. The Morgan fingerprint density at radius 2 is 2.50 bits per heavy atom. The van der Waals surface area contributed by atoms with E-state index in [0.717, 1.165) is 13.0 Å². The number of nitrogens with two attached hydrogens (primary N) is 1. The Kier molecular flexibility index (Phi) is 1.60. The van der Waals surface area contributed by atoms with Crippen molar-refractivity contribution in [1.29, 1.82) is 0 Å². The third-order valence-electron chi connectivity index (χ3n) is 1.31. The lowest BCUT2D eigenvalue weighted by molar-refractivity contribution is 0.533. The predicted molar refractivity (Wildman–Crippen MR) is 30.1 cm³/mol. The van der Waals surface area contributed by atoms with Crippen LogP contribution in [0.1, 0.15) is 6.42 Å². The molecular weight excluding hydrogens is 104 g/mol. The van der Waals surface area contributed by atoms with Gasteiger partial charge in [0.15, 0.2) is 0 Å². The predicted octanol–water partition coefficient (Wildman–Crippen LogP) is -1.21. The monoisotopic (exact) mass is 113 g/mol. The largest absolute Gasteiger partial charge is 0.326 e. The van der Waals surface area contributed by atoms with Gasteiger partial charge in [-0.3, -0.25) is 4.79 Å². The quantitative estimate of drug-likeness (QED) is 0.448. The molecule has 2 atom stereocenters. The highest BCUT2D eigenvalue weighted by molar-refractivity contribution is 5.59. The summed E-state index contributed by atoms with van der Waals surface area (Å²) in [4.78, 5) is 9.91. The minimum atomic E-state index is -0.106. The zero-order valence-electron chi connectivity index (χ0n) is 4.55. The van der Waals surface area contributed by atoms with Gasteiger partial charge in [-0.2, -0.15) is 0 Å². The molecule has 1 fully saturated rings. The Balaban J connectivity index is 2.32. The third-order valence-corrected chi connectivity index (χ3v) is 1.31. The molecule has 0 amide bonds. The second kappa shape index (κ2) is 2.24. The Morgan fingerprint density at radius 3 is 2.75 bits per heavy atom. The van der Waals surface area contributed by atoms with E-state index in [4.69, 9.17) is 5.73 Å². The van der Waals surface area contributed by atoms with Crippen LogP contribution in [0.3, 0.4) is 0 Å². The number of carbonyl (C=O) groups excluding carboxylic acids is 1. The van der Waals surface area contributed by atoms with Gasteiger partial charge in [0.05, 0.1) is 6.04 Å². The molecule has 45 valence electrons. The number of rotatable bonds is 1. The van der Waals surface area contributed by atoms with Crippen LogP contribution in [0.15, 0.2) is 0 Å². The second-order valence-electron chi connectivity index (χ2n) is 2.07. The molecule has 1 saturated heterocycles. The fourth-order valence-corrected chi connectivity index (χ4v) is 0.853. The summed E-state index contributed by atoms with van der Waals surface area (Å²) < 4.78 is 0. The van der Waals surface area contributed by atoms with Crippen LogP contribution in [0.25, 0.3) is 0 Å². The van der Waals surface area contributed by atoms with Crippen LogP contribution in [0.5, 0.6) is 0 Å². The van der Waals surface area contributed by atoms with Crippen LogP contribution in [0, 0.1) is 0 Å². The van der Waals surface area contributed by atoms with Crippen LogP contribution < -0.4 is 11.1 Å². The molecule has 0 bridgehead atoms. The Labute approximate surface area is 48.2 Å². The fourth-order valence-electron chi connectivity index (χ4n) is 0.853. The molecule has 1 radical (unpaired) electrons. The normalized spacial score (nSPS) is 37.6. The van der Waals surface area contributed by atoms with Gasteiger partial charge in [-0.15, -0.1) is 0 Å². The molecule has 1 rings (SSSR count). The van der Waals surface area contributed by atoms with Crippen LogP contribution >= 0.6 is 0 Å². The Morgan fingerprint density at radius 1 is 1.75 bits per heavy atom. The van der Waals surface area contributed by atoms with Crippen molar-refractivity contribution >= 4 is 6.29 Å². The standard InChI is InChI=1S/C5H9N2O/c6-4-1-5(3-8)7-2-4/h4-5,7H,1-2,6H2/t4?,5-/m0/s1. The van der Waals surface area contributed by atoms with Crippen molar-refractivity contribution in [3.05, 3.63) is 0 Å². The summed E-state index contributed by atoms with van der Waals surface area (Å²) in [5, 5.41) is 2.91. The van der Waals surface area contributed by atoms with E-state index in [1.165, 1.54) is 0 Å². The van der Waals surface area contributed by atoms with Gasteiger partial charge in [-0.25, -0.2) is 0 Å². The van der Waals surface area contributed by atoms with Gasteiger partial charge in [0.2, 0.25) is 6.29 Å². The molecular formula is C5H9N2O. The average Bonchev–Trinajstić information content (AvgIpc) is 2.14. The molecule has 1 aliphatic rings. The van der Waals surface area contributed by atoms with E-state index in [1.54, 1.807) is 0 Å². The van der Waals surface area contributed by atoms with Crippen LogP contribution in [0.2, 0.25) is 0 Å². The molecule has 0 spiro atoms. The molecule has 8 heavy (non-hydrogen) atoms. The van der Waals surface area contributed by atoms with Crippen molar-refractivity contribution in [1.82, 2.24) is 5.32 Å². The lowest BCUT2D eigenvalue weighted by atomic mass is 10.2. The highest BCUT2D eigenvalue weighted by atomic mass is 16.1. The zero-order valence-corrected chi connectivity index (χ0v) is 4.55. The van der Waals surface area contributed by atoms with E-state index >= 15 is 0 Å². The minimum absolute atomic E-state index is 0.106. The van der Waals surface area contributed by atoms with E-state index in [2.05, 4.69) is 5.32 Å². The molecule has 0 aliphatic carbocycles. The summed E-state index contributed by atoms with van der Waals surface area (Å²) in [6, 6.07) is 0.0476. The molecule has 3 heteroatoms. The molecule has 0 aromatic heterocycles. The van der Waals surface area contributed by atoms with Gasteiger partial charge in [0, 0.05) is 12.6 Å². The van der Waals surface area contributed by atoms with E-state index in [0.29, 0.717) is 0 Å². The highest BCUT2D eigenvalue weighted by Gasteiger charge is 2.19. The van der Waals surface area contributed by atoms with Gasteiger partial charge < -0.3 is 11.1 Å². The van der Waals surface area contributed by atoms with Crippen molar-refractivity contribution in [3.63, 3.8) is 0 Å². The van der Waals surface area contributed by atoms with Crippen LogP contribution in [0.4, 0.5) is 0 Å². The first-order valence-electron chi connectivity index (χ1n) is 2.69. The van der Waals surface area contributed by atoms with Crippen molar-refractivity contribution in [2.75, 3.05) is 6.54 Å². The molecule has 1 unspecified atom stereocenters. The molecule has 0 aromatic rings. The first-order valence-corrected chi connectivity index (χ1v) is 2.69. The topological polar surface area (TPSA) is 55.1 Å². The van der Waals surface area contributed by atoms with Gasteiger partial charge in [0.25, 0.3) is 0 Å². The summed E-state index contributed by atoms with van der Waals surface area (Å²) >= 11 is 0. The lowest BCUT2D eigenvalue weighted by Crippen LogP contribution is -2.23. The zero-order chi connectivity index (χ0) is 5.98. The van der Waals surface area contributed by atoms with Crippen molar-refractivity contribution in [3.8, 4) is 0 Å². The molecule has 1 heterocycles. The number of nitrogens with one attached hydrogen (secondary N) is 1. The molecule has 0 saturated carbocycles. The smallest absolute Gasteiger partial charge is 0.216 e. The second-order valence-corrected chi connectivity index (χ2v) is 2.07. The lowest BCUT2D eigenvalue weighted by Gasteiger charge is -1.94. The van der Waals surface area contributed by atoms with Crippen molar-refractivity contribution in [2.45, 2.75) is 18.5 Å². The molecule has 1 aliphatic heterocycles. The summed E-state index contributed by atoms with van der Waals surface area (Å²) in [5.74, 6) is 0. The maximum atomic E-state index is 9.91. The summed E-state index contributed by atoms with van der Waals surface area (Å²) in [7, 11) is 0. The molecule has 3 nitrogen and oxygen atoms in total. The SMILES string of the molecule is NC1CN[C@H]([C]=O)C1. The summed E-state index contributed by atoms with van der Waals surface area (Å²) in [5.41, 5.74) is 5.46. The molecule has 0 aromatic carbocycles. The van der Waals surface area contributed by atoms with Crippen molar-refractivity contribution in [2.24, 2.45) is 5.73 Å². The van der Waals surface area contributed by atoms with E-state index in [-0.39, 0.29) is 12.1 Å². The maximum absolute atomic E-state index is 9.91. The number of hydrogen-bond donors (Lipinski definition) is 2. The third kappa shape index (κ3) is 1.05. The summed E-state index contributed by atoms with van der Waals surface area (Å²) in [6.45, 7) is 0.750. The minimum Gasteiger partial charge on any atom is -0.326 e. The fraction of sp³-hybridized carbons (Fsp3) is 0.800. The van der Waals surface area contributed by atoms with E-state index in [1.807, 2.05) is 6.29 Å². The first-order chi connectivity index (χ1) is 3.83. The van der Waals surface area contributed by atoms with E-state index in [9.17, 15) is 4.79 Å². The average molecular weight is 113 g/mol. The van der Waals surface area contributed by atoms with Gasteiger partial charge >= 0.3 is 0 Å². The maximum Gasteiger partial charge on any atom is 0.216 e. The van der Waals surface area contributed by atoms with Crippen LogP contribution in [-0.4, -0.2) is 24.9 Å². The van der Waals surface area contributed by atoms with Crippen molar-refractivity contribution < 1.29 is 4.79 Å². The number of hydrogen-bond acceptors (Lipinski definition) is 3. The van der Waals surface area contributed by atoms with Gasteiger partial charge in [-0.1, -0.05) is 0 Å². The van der Waals surface area contributed by atoms with Crippen LogP contribution in [-0.2, 0) is 4.79 Å². The Bertz CT molecular complexity index is 94.4. The van der Waals surface area contributed by atoms with Gasteiger partial charge in [0.1, 0.15) is 0 Å². The molecule has 3 N–H and O–H groups in total. The van der Waals surface area contributed by atoms with E-state index < -0.39 is 0 Å². The highest BCUT2D eigenvalue weighted by Crippen LogP contribution is 1.99.